The summed E-state index contributed by atoms with van der Waals surface area (Å²) in [4.78, 5) is 0. The summed E-state index contributed by atoms with van der Waals surface area (Å²) < 4.78 is 12.0. The number of para-hydroxylation sites is 2. The van der Waals surface area contributed by atoms with E-state index in [0.717, 1.165) is 29.0 Å². The fourth-order valence-corrected chi connectivity index (χ4v) is 2.43. The van der Waals surface area contributed by atoms with Gasteiger partial charge in [0.1, 0.15) is 17.6 Å². The van der Waals surface area contributed by atoms with Crippen molar-refractivity contribution in [3.63, 3.8) is 0 Å². The van der Waals surface area contributed by atoms with Gasteiger partial charge in [0.2, 0.25) is 0 Å². The molecule has 20 heavy (non-hydrogen) atoms. The van der Waals surface area contributed by atoms with Crippen molar-refractivity contribution in [2.24, 2.45) is 0 Å². The molecule has 0 N–H and O–H groups in total. The molecule has 0 bridgehead atoms. The number of allylic oxidation sites excluding steroid dienone is 1. The summed E-state index contributed by atoms with van der Waals surface area (Å²) in [6.07, 6.45) is 5.17. The van der Waals surface area contributed by atoms with Gasteiger partial charge in [0.15, 0.2) is 0 Å². The molecule has 0 aromatic heterocycles. The predicted molar refractivity (Wildman–Crippen MR) is 80.2 cm³/mol. The molecule has 2 aromatic rings. The van der Waals surface area contributed by atoms with Crippen LogP contribution >= 0.6 is 0 Å². The molecule has 0 unspecified atom stereocenters. The van der Waals surface area contributed by atoms with Crippen LogP contribution in [0.5, 0.6) is 11.5 Å². The third kappa shape index (κ3) is 2.47. The van der Waals surface area contributed by atoms with Crippen LogP contribution in [0.4, 0.5) is 0 Å². The van der Waals surface area contributed by atoms with Crippen LogP contribution in [0, 0.1) is 0 Å². The van der Waals surface area contributed by atoms with Gasteiger partial charge in [-0.2, -0.15) is 0 Å². The molecule has 1 aliphatic rings. The second-order valence-electron chi connectivity index (χ2n) is 4.77. The highest BCUT2D eigenvalue weighted by atomic mass is 16.5. The molecule has 2 nitrogen and oxygen atoms in total. The molecule has 3 rings (SSSR count). The van der Waals surface area contributed by atoms with E-state index in [9.17, 15) is 0 Å². The van der Waals surface area contributed by atoms with Crippen LogP contribution in [0.3, 0.4) is 0 Å². The Morgan fingerprint density at radius 3 is 2.15 bits per heavy atom. The van der Waals surface area contributed by atoms with E-state index in [4.69, 9.17) is 9.47 Å². The molecule has 0 amide bonds. The lowest BCUT2D eigenvalue weighted by Gasteiger charge is -2.27. The van der Waals surface area contributed by atoms with Gasteiger partial charge in [0, 0.05) is 11.1 Å². The first-order valence-corrected chi connectivity index (χ1v) is 7.02. The maximum absolute atomic E-state index is 6.07. The highest BCUT2D eigenvalue weighted by Gasteiger charge is 2.26. The van der Waals surface area contributed by atoms with Crippen LogP contribution in [0.25, 0.3) is 0 Å². The zero-order chi connectivity index (χ0) is 13.8. The molecule has 0 atom stereocenters. The van der Waals surface area contributed by atoms with Gasteiger partial charge in [-0.3, -0.25) is 0 Å². The Balaban J connectivity index is 1.93. The zero-order valence-electron chi connectivity index (χ0n) is 11.6. The van der Waals surface area contributed by atoms with Gasteiger partial charge >= 0.3 is 0 Å². The van der Waals surface area contributed by atoms with E-state index in [1.54, 1.807) is 0 Å². The monoisotopic (exact) mass is 266 g/mol. The van der Waals surface area contributed by atoms with Gasteiger partial charge in [-0.15, -0.1) is 0 Å². The molecule has 2 heteroatoms. The summed E-state index contributed by atoms with van der Waals surface area (Å²) >= 11 is 0. The Bertz CT molecular complexity index is 571. The van der Waals surface area contributed by atoms with Crippen LogP contribution in [0.1, 0.15) is 30.6 Å². The summed E-state index contributed by atoms with van der Waals surface area (Å²) in [5.41, 5.74) is 2.19. The summed E-state index contributed by atoms with van der Waals surface area (Å²) in [7, 11) is 0. The van der Waals surface area contributed by atoms with Gasteiger partial charge in [0.25, 0.3) is 0 Å². The maximum Gasteiger partial charge on any atom is 0.133 e. The lowest BCUT2D eigenvalue weighted by atomic mass is 9.97. The van der Waals surface area contributed by atoms with Crippen LogP contribution in [0.15, 0.2) is 60.7 Å². The maximum atomic E-state index is 6.07. The minimum Gasteiger partial charge on any atom is -0.457 e. The van der Waals surface area contributed by atoms with E-state index >= 15 is 0 Å². The average molecular weight is 266 g/mol. The van der Waals surface area contributed by atoms with Crippen molar-refractivity contribution in [3.05, 3.63) is 71.8 Å². The van der Waals surface area contributed by atoms with Crippen LogP contribution in [-0.2, 0) is 4.74 Å². The van der Waals surface area contributed by atoms with Crippen LogP contribution < -0.4 is 4.74 Å². The second kappa shape index (κ2) is 5.93. The van der Waals surface area contributed by atoms with Crippen molar-refractivity contribution in [3.8, 4) is 11.5 Å². The van der Waals surface area contributed by atoms with Gasteiger partial charge in [0.05, 0.1) is 6.61 Å². The first kappa shape index (κ1) is 12.9. The van der Waals surface area contributed by atoms with Gasteiger partial charge in [-0.25, -0.2) is 0 Å². The molecule has 2 aromatic carbocycles. The molecular formula is C18H18O2. The number of rotatable bonds is 4. The van der Waals surface area contributed by atoms with E-state index in [2.05, 4.69) is 31.2 Å². The fraction of sp³-hybridized carbons (Fsp3) is 0.222. The Morgan fingerprint density at radius 2 is 1.55 bits per heavy atom. The molecule has 0 spiro atoms. The van der Waals surface area contributed by atoms with E-state index in [-0.39, 0.29) is 6.10 Å². The van der Waals surface area contributed by atoms with Crippen LogP contribution in [-0.4, -0.2) is 6.61 Å². The lowest BCUT2D eigenvalue weighted by Crippen LogP contribution is -2.13. The largest absolute Gasteiger partial charge is 0.457 e. The van der Waals surface area contributed by atoms with Gasteiger partial charge in [-0.1, -0.05) is 55.5 Å². The quantitative estimate of drug-likeness (QED) is 0.735. The van der Waals surface area contributed by atoms with Crippen molar-refractivity contribution < 1.29 is 9.47 Å². The number of fused-ring (bicyclic) bond motifs is 2. The first-order valence-electron chi connectivity index (χ1n) is 7.02. The molecule has 1 heterocycles. The smallest absolute Gasteiger partial charge is 0.133 e. The molecule has 0 fully saturated rings. The van der Waals surface area contributed by atoms with Crippen molar-refractivity contribution >= 4 is 0 Å². The number of ether oxygens (including phenoxy) is 2. The first-order chi connectivity index (χ1) is 9.90. The SMILES string of the molecule is CC/C=C/COC1c2ccccc2Oc2ccccc21. The van der Waals surface area contributed by atoms with Crippen molar-refractivity contribution in [2.45, 2.75) is 19.4 Å². The molecule has 1 aliphatic heterocycles. The lowest BCUT2D eigenvalue weighted by molar-refractivity contribution is 0.0959. The third-order valence-electron chi connectivity index (χ3n) is 3.38. The van der Waals surface area contributed by atoms with E-state index < -0.39 is 0 Å². The Hall–Kier alpha value is -2.06. The minimum atomic E-state index is -0.0577. The number of hydrogen-bond donors (Lipinski definition) is 0. The number of hydrogen-bond acceptors (Lipinski definition) is 2. The average Bonchev–Trinajstić information content (AvgIpc) is 2.50. The van der Waals surface area contributed by atoms with Crippen molar-refractivity contribution in [1.82, 2.24) is 0 Å². The second-order valence-corrected chi connectivity index (χ2v) is 4.77. The summed E-state index contributed by atoms with van der Waals surface area (Å²) in [5, 5.41) is 0. The molecule has 0 aliphatic carbocycles. The Morgan fingerprint density at radius 1 is 0.950 bits per heavy atom. The Labute approximate surface area is 119 Å². The normalized spacial score (nSPS) is 13.8. The molecule has 0 radical (unpaired) electrons. The van der Waals surface area contributed by atoms with E-state index in [0.29, 0.717) is 6.61 Å². The molecule has 0 saturated carbocycles. The molecular weight excluding hydrogens is 248 g/mol. The summed E-state index contributed by atoms with van der Waals surface area (Å²) in [5.74, 6) is 1.77. The number of benzene rings is 2. The Kier molecular flexibility index (Phi) is 3.84. The fourth-order valence-electron chi connectivity index (χ4n) is 2.43. The predicted octanol–water partition coefficient (Wildman–Crippen LogP) is 4.86. The molecule has 0 saturated heterocycles. The molecule has 102 valence electrons. The van der Waals surface area contributed by atoms with E-state index in [1.807, 2.05) is 36.4 Å². The van der Waals surface area contributed by atoms with Gasteiger partial charge < -0.3 is 9.47 Å². The van der Waals surface area contributed by atoms with Gasteiger partial charge in [-0.05, 0) is 18.6 Å². The highest BCUT2D eigenvalue weighted by molar-refractivity contribution is 5.51. The summed E-state index contributed by atoms with van der Waals surface area (Å²) in [6.45, 7) is 2.73. The van der Waals surface area contributed by atoms with E-state index in [1.165, 1.54) is 0 Å². The standard InChI is InChI=1S/C18H18O2/c1-2-3-8-13-19-18-14-9-4-6-11-16(14)20-17-12-7-5-10-15(17)18/h3-12,18H,2,13H2,1H3/b8-3+. The van der Waals surface area contributed by atoms with Crippen molar-refractivity contribution in [2.75, 3.05) is 6.61 Å². The third-order valence-corrected chi connectivity index (χ3v) is 3.38. The van der Waals surface area contributed by atoms with Crippen molar-refractivity contribution in [1.29, 1.82) is 0 Å². The zero-order valence-corrected chi connectivity index (χ0v) is 11.6. The van der Waals surface area contributed by atoms with Crippen LogP contribution in [0.2, 0.25) is 0 Å². The summed E-state index contributed by atoms with van der Waals surface area (Å²) in [6, 6.07) is 16.1. The highest BCUT2D eigenvalue weighted by Crippen LogP contribution is 2.44. The minimum absolute atomic E-state index is 0.0577. The topological polar surface area (TPSA) is 18.5 Å².